The Hall–Kier alpha value is -1.97. The molecule has 1 aliphatic rings. The normalized spacial score (nSPS) is 16.3. The minimum atomic E-state index is -0.0265. The number of anilines is 1. The molecule has 1 amide bonds. The average Bonchev–Trinajstić information content (AvgIpc) is 2.96. The Morgan fingerprint density at radius 2 is 2.00 bits per heavy atom. The van der Waals surface area contributed by atoms with Crippen molar-refractivity contribution < 1.29 is 4.79 Å². The Morgan fingerprint density at radius 1 is 1.25 bits per heavy atom. The Morgan fingerprint density at radius 3 is 2.75 bits per heavy atom. The number of fused-ring (bicyclic) bond motifs is 1. The van der Waals surface area contributed by atoms with Crippen molar-refractivity contribution in [2.45, 2.75) is 51.0 Å². The highest BCUT2D eigenvalue weighted by molar-refractivity contribution is 7.19. The second-order valence-corrected chi connectivity index (χ2v) is 7.32. The largest absolute Gasteiger partial charge is 0.325 e. The van der Waals surface area contributed by atoms with Crippen molar-refractivity contribution in [3.8, 4) is 6.07 Å². The standard InChI is InChI=1S/C18H22N4OS/c19-11-18-22-15-9-8-14(10-16(15)24-18)21-17(23)12-20-13-6-4-2-1-3-5-7-13/h8-10,13,20H,1-7,12H2,(H,21,23). The lowest BCUT2D eigenvalue weighted by molar-refractivity contribution is -0.115. The van der Waals surface area contributed by atoms with Crippen molar-refractivity contribution in [1.29, 1.82) is 5.26 Å². The quantitative estimate of drug-likeness (QED) is 0.886. The van der Waals surface area contributed by atoms with E-state index in [-0.39, 0.29) is 5.91 Å². The second-order valence-electron chi connectivity index (χ2n) is 6.28. The van der Waals surface area contributed by atoms with E-state index in [4.69, 9.17) is 5.26 Å². The first kappa shape index (κ1) is 16.9. The number of carbonyl (C=O) groups excluding carboxylic acids is 1. The number of benzene rings is 1. The molecule has 1 saturated carbocycles. The Bertz CT molecular complexity index is 741. The van der Waals surface area contributed by atoms with E-state index in [0.717, 1.165) is 28.7 Å². The zero-order chi connectivity index (χ0) is 16.8. The van der Waals surface area contributed by atoms with Crippen LogP contribution in [0.1, 0.15) is 50.0 Å². The maximum Gasteiger partial charge on any atom is 0.238 e. The third-order valence-corrected chi connectivity index (χ3v) is 5.35. The van der Waals surface area contributed by atoms with Crippen LogP contribution in [0.2, 0.25) is 0 Å². The van der Waals surface area contributed by atoms with Gasteiger partial charge in [0.05, 0.1) is 16.8 Å². The van der Waals surface area contributed by atoms with Gasteiger partial charge in [-0.15, -0.1) is 11.3 Å². The lowest BCUT2D eigenvalue weighted by atomic mass is 9.97. The summed E-state index contributed by atoms with van der Waals surface area (Å²) < 4.78 is 0.914. The lowest BCUT2D eigenvalue weighted by Crippen LogP contribution is -2.36. The third-order valence-electron chi connectivity index (χ3n) is 4.42. The molecule has 2 aromatic rings. The van der Waals surface area contributed by atoms with Gasteiger partial charge in [0.15, 0.2) is 5.01 Å². The molecular formula is C18H22N4OS. The van der Waals surface area contributed by atoms with E-state index in [9.17, 15) is 4.79 Å². The number of rotatable bonds is 4. The SMILES string of the molecule is N#Cc1nc2ccc(NC(=O)CNC3CCCCCCC3)cc2s1. The molecule has 0 spiro atoms. The molecule has 1 fully saturated rings. The summed E-state index contributed by atoms with van der Waals surface area (Å²) in [6, 6.07) is 8.05. The van der Waals surface area contributed by atoms with E-state index < -0.39 is 0 Å². The van der Waals surface area contributed by atoms with Gasteiger partial charge >= 0.3 is 0 Å². The molecule has 1 aromatic carbocycles. The van der Waals surface area contributed by atoms with Gasteiger partial charge < -0.3 is 10.6 Å². The molecule has 3 rings (SSSR count). The molecule has 24 heavy (non-hydrogen) atoms. The summed E-state index contributed by atoms with van der Waals surface area (Å²) in [4.78, 5) is 16.4. The van der Waals surface area contributed by atoms with Gasteiger partial charge in [-0.05, 0) is 31.0 Å². The van der Waals surface area contributed by atoms with Crippen LogP contribution < -0.4 is 10.6 Å². The number of nitrogens with one attached hydrogen (secondary N) is 2. The lowest BCUT2D eigenvalue weighted by Gasteiger charge is -2.20. The molecule has 0 unspecified atom stereocenters. The first-order chi connectivity index (χ1) is 11.7. The molecular weight excluding hydrogens is 320 g/mol. The van der Waals surface area contributed by atoms with Crippen LogP contribution in [-0.4, -0.2) is 23.5 Å². The first-order valence-electron chi connectivity index (χ1n) is 8.58. The number of thiazole rings is 1. The molecule has 1 aromatic heterocycles. The fourth-order valence-corrected chi connectivity index (χ4v) is 3.95. The average molecular weight is 342 g/mol. The van der Waals surface area contributed by atoms with Crippen molar-refractivity contribution in [2.75, 3.05) is 11.9 Å². The number of aromatic nitrogens is 1. The van der Waals surface area contributed by atoms with Crippen LogP contribution in [0.15, 0.2) is 18.2 Å². The van der Waals surface area contributed by atoms with Crippen LogP contribution in [-0.2, 0) is 4.79 Å². The van der Waals surface area contributed by atoms with E-state index in [0.29, 0.717) is 17.6 Å². The minimum absolute atomic E-state index is 0.0265. The highest BCUT2D eigenvalue weighted by atomic mass is 32.1. The van der Waals surface area contributed by atoms with Crippen LogP contribution >= 0.6 is 11.3 Å². The Kier molecular flexibility index (Phi) is 5.78. The molecule has 2 N–H and O–H groups in total. The molecule has 6 heteroatoms. The van der Waals surface area contributed by atoms with Crippen molar-refractivity contribution in [2.24, 2.45) is 0 Å². The van der Waals surface area contributed by atoms with Gasteiger partial charge in [-0.2, -0.15) is 5.26 Å². The molecule has 5 nitrogen and oxygen atoms in total. The molecule has 0 bridgehead atoms. The molecule has 0 atom stereocenters. The van der Waals surface area contributed by atoms with Crippen LogP contribution in [0.3, 0.4) is 0 Å². The fraction of sp³-hybridized carbons (Fsp3) is 0.500. The molecule has 126 valence electrons. The minimum Gasteiger partial charge on any atom is -0.325 e. The van der Waals surface area contributed by atoms with Crippen LogP contribution in [0.25, 0.3) is 10.2 Å². The number of carbonyl (C=O) groups is 1. The van der Waals surface area contributed by atoms with Crippen LogP contribution in [0.5, 0.6) is 0 Å². The van der Waals surface area contributed by atoms with Crippen molar-refractivity contribution in [1.82, 2.24) is 10.3 Å². The number of hydrogen-bond acceptors (Lipinski definition) is 5. The number of amides is 1. The van der Waals surface area contributed by atoms with E-state index in [1.807, 2.05) is 18.2 Å². The summed E-state index contributed by atoms with van der Waals surface area (Å²) in [5.41, 5.74) is 1.54. The summed E-state index contributed by atoms with van der Waals surface area (Å²) in [5.74, 6) is -0.0265. The van der Waals surface area contributed by atoms with Gasteiger partial charge in [0, 0.05) is 11.7 Å². The van der Waals surface area contributed by atoms with Crippen molar-refractivity contribution in [3.05, 3.63) is 23.2 Å². The third kappa shape index (κ3) is 4.53. The molecule has 0 saturated heterocycles. The Balaban J connectivity index is 1.53. The molecule has 1 aliphatic carbocycles. The summed E-state index contributed by atoms with van der Waals surface area (Å²) in [5, 5.41) is 15.7. The van der Waals surface area contributed by atoms with E-state index >= 15 is 0 Å². The Labute approximate surface area is 146 Å². The molecule has 0 radical (unpaired) electrons. The zero-order valence-electron chi connectivity index (χ0n) is 13.7. The smallest absolute Gasteiger partial charge is 0.238 e. The van der Waals surface area contributed by atoms with Gasteiger partial charge in [0.2, 0.25) is 5.91 Å². The second kappa shape index (κ2) is 8.22. The van der Waals surface area contributed by atoms with Gasteiger partial charge in [-0.3, -0.25) is 4.79 Å². The summed E-state index contributed by atoms with van der Waals surface area (Å²) >= 11 is 1.34. The molecule has 1 heterocycles. The predicted molar refractivity (Wildman–Crippen MR) is 97.1 cm³/mol. The highest BCUT2D eigenvalue weighted by Gasteiger charge is 2.13. The van der Waals surface area contributed by atoms with Crippen molar-refractivity contribution >= 4 is 33.1 Å². The first-order valence-corrected chi connectivity index (χ1v) is 9.40. The number of nitriles is 1. The summed E-state index contributed by atoms with van der Waals surface area (Å²) in [7, 11) is 0. The highest BCUT2D eigenvalue weighted by Crippen LogP contribution is 2.24. The summed E-state index contributed by atoms with van der Waals surface area (Å²) in [6.45, 7) is 0.342. The van der Waals surface area contributed by atoms with Gasteiger partial charge in [0.25, 0.3) is 0 Å². The van der Waals surface area contributed by atoms with Gasteiger partial charge in [-0.25, -0.2) is 4.98 Å². The van der Waals surface area contributed by atoms with E-state index in [2.05, 4.69) is 21.7 Å². The van der Waals surface area contributed by atoms with Gasteiger partial charge in [0.1, 0.15) is 6.07 Å². The fourth-order valence-electron chi connectivity index (χ4n) is 3.15. The van der Waals surface area contributed by atoms with Gasteiger partial charge in [-0.1, -0.05) is 32.1 Å². The number of nitrogens with zero attached hydrogens (tertiary/aromatic N) is 2. The maximum atomic E-state index is 12.2. The maximum absolute atomic E-state index is 12.2. The topological polar surface area (TPSA) is 77.8 Å². The zero-order valence-corrected chi connectivity index (χ0v) is 14.5. The predicted octanol–water partition coefficient (Wildman–Crippen LogP) is 3.81. The van der Waals surface area contributed by atoms with E-state index in [1.165, 1.54) is 43.4 Å². The van der Waals surface area contributed by atoms with Crippen LogP contribution in [0.4, 0.5) is 5.69 Å². The van der Waals surface area contributed by atoms with E-state index in [1.54, 1.807) is 0 Å². The molecule has 0 aliphatic heterocycles. The number of hydrogen-bond donors (Lipinski definition) is 2. The van der Waals surface area contributed by atoms with Crippen molar-refractivity contribution in [3.63, 3.8) is 0 Å². The summed E-state index contributed by atoms with van der Waals surface area (Å²) in [6.07, 6.45) is 8.80. The van der Waals surface area contributed by atoms with Crippen LogP contribution in [0, 0.1) is 11.3 Å². The monoisotopic (exact) mass is 342 g/mol.